The van der Waals surface area contributed by atoms with Gasteiger partial charge in [0.15, 0.2) is 0 Å². The van der Waals surface area contributed by atoms with Crippen LogP contribution in [0.25, 0.3) is 20.8 Å². The third-order valence-corrected chi connectivity index (χ3v) is 7.33. The smallest absolute Gasteiger partial charge is 0.416 e. The summed E-state index contributed by atoms with van der Waals surface area (Å²) < 4.78 is 45.4. The SMILES string of the molecule is Cc1nc(-c2ccc(C(F)(F)F)cc2)sc1COc1ccc2sc(CCC(=O)O)nc2c1C. The van der Waals surface area contributed by atoms with Crippen LogP contribution in [0.1, 0.15) is 33.1 Å². The Hall–Kier alpha value is -2.98. The number of carboxylic acid groups (broad SMARTS) is 1. The fourth-order valence-electron chi connectivity index (χ4n) is 3.26. The van der Waals surface area contributed by atoms with Crippen molar-refractivity contribution in [3.8, 4) is 16.3 Å². The Kier molecular flexibility index (Phi) is 6.40. The van der Waals surface area contributed by atoms with Crippen LogP contribution in [0.15, 0.2) is 36.4 Å². The van der Waals surface area contributed by atoms with Crippen LogP contribution in [0.4, 0.5) is 13.2 Å². The lowest BCUT2D eigenvalue weighted by molar-refractivity contribution is -0.138. The van der Waals surface area contributed by atoms with Gasteiger partial charge in [-0.25, -0.2) is 9.97 Å². The van der Waals surface area contributed by atoms with Crippen molar-refractivity contribution in [2.45, 2.75) is 39.5 Å². The molecule has 0 aliphatic rings. The predicted molar refractivity (Wildman–Crippen MR) is 122 cm³/mol. The van der Waals surface area contributed by atoms with Crippen molar-refractivity contribution in [2.75, 3.05) is 0 Å². The van der Waals surface area contributed by atoms with Gasteiger partial charge in [-0.05, 0) is 38.1 Å². The molecule has 0 radical (unpaired) electrons. The fourth-order valence-corrected chi connectivity index (χ4v) is 5.27. The van der Waals surface area contributed by atoms with E-state index in [1.807, 2.05) is 26.0 Å². The summed E-state index contributed by atoms with van der Waals surface area (Å²) in [6.45, 7) is 4.02. The van der Waals surface area contributed by atoms with Crippen molar-refractivity contribution in [2.24, 2.45) is 0 Å². The molecule has 0 aliphatic heterocycles. The first-order valence-electron chi connectivity index (χ1n) is 9.99. The number of nitrogens with zero attached hydrogens (tertiary/aromatic N) is 2. The fraction of sp³-hybridized carbons (Fsp3) is 0.261. The Morgan fingerprint density at radius 2 is 1.79 bits per heavy atom. The number of hydrogen-bond donors (Lipinski definition) is 1. The molecule has 0 amide bonds. The second-order valence-electron chi connectivity index (χ2n) is 7.43. The number of hydrogen-bond acceptors (Lipinski definition) is 6. The lowest BCUT2D eigenvalue weighted by atomic mass is 10.1. The average molecular weight is 493 g/mol. The van der Waals surface area contributed by atoms with Crippen molar-refractivity contribution in [1.82, 2.24) is 9.97 Å². The van der Waals surface area contributed by atoms with Gasteiger partial charge in [-0.15, -0.1) is 22.7 Å². The van der Waals surface area contributed by atoms with Gasteiger partial charge in [-0.1, -0.05) is 12.1 Å². The van der Waals surface area contributed by atoms with Crippen LogP contribution in [-0.4, -0.2) is 21.0 Å². The number of benzene rings is 2. The molecule has 172 valence electrons. The number of ether oxygens (including phenoxy) is 1. The third-order valence-electron chi connectivity index (χ3n) is 5.07. The summed E-state index contributed by atoms with van der Waals surface area (Å²) in [6.07, 6.45) is -3.95. The van der Waals surface area contributed by atoms with Crippen molar-refractivity contribution in [3.05, 3.63) is 63.1 Å². The van der Waals surface area contributed by atoms with Gasteiger partial charge in [0, 0.05) is 17.5 Å². The topological polar surface area (TPSA) is 72.3 Å². The molecule has 2 aromatic carbocycles. The zero-order chi connectivity index (χ0) is 23.8. The van der Waals surface area contributed by atoms with E-state index in [2.05, 4.69) is 9.97 Å². The molecular formula is C23H19F3N2O3S2. The molecule has 5 nitrogen and oxygen atoms in total. The van der Waals surface area contributed by atoms with E-state index >= 15 is 0 Å². The van der Waals surface area contributed by atoms with Crippen LogP contribution in [0.5, 0.6) is 5.75 Å². The van der Waals surface area contributed by atoms with Gasteiger partial charge in [-0.3, -0.25) is 4.79 Å². The van der Waals surface area contributed by atoms with E-state index in [0.29, 0.717) is 22.7 Å². The normalized spacial score (nSPS) is 11.8. The molecule has 4 rings (SSSR count). The Morgan fingerprint density at radius 1 is 1.06 bits per heavy atom. The summed E-state index contributed by atoms with van der Waals surface area (Å²) >= 11 is 2.86. The molecule has 0 unspecified atom stereocenters. The summed E-state index contributed by atoms with van der Waals surface area (Å²) in [5.41, 5.74) is 2.36. The van der Waals surface area contributed by atoms with Crippen LogP contribution in [0, 0.1) is 13.8 Å². The highest BCUT2D eigenvalue weighted by atomic mass is 32.1. The molecule has 4 aromatic rings. The molecule has 0 fully saturated rings. The first kappa shape index (κ1) is 23.2. The average Bonchev–Trinajstić information content (AvgIpc) is 3.35. The van der Waals surface area contributed by atoms with Crippen molar-refractivity contribution in [1.29, 1.82) is 0 Å². The van der Waals surface area contributed by atoms with E-state index in [1.165, 1.54) is 34.8 Å². The van der Waals surface area contributed by atoms with Crippen molar-refractivity contribution in [3.63, 3.8) is 0 Å². The molecule has 0 aliphatic carbocycles. The van der Waals surface area contributed by atoms with Gasteiger partial charge in [0.1, 0.15) is 17.4 Å². The number of thiazole rings is 2. The van der Waals surface area contributed by atoms with E-state index in [1.54, 1.807) is 0 Å². The second kappa shape index (κ2) is 9.11. The number of alkyl halides is 3. The number of aromatic nitrogens is 2. The minimum Gasteiger partial charge on any atom is -0.488 e. The maximum Gasteiger partial charge on any atom is 0.416 e. The highest BCUT2D eigenvalue weighted by Gasteiger charge is 2.30. The van der Waals surface area contributed by atoms with E-state index in [-0.39, 0.29) is 13.0 Å². The van der Waals surface area contributed by atoms with Crippen molar-refractivity contribution < 1.29 is 27.8 Å². The van der Waals surface area contributed by atoms with Gasteiger partial charge in [0.05, 0.1) is 37.8 Å². The van der Waals surface area contributed by atoms with Gasteiger partial charge in [-0.2, -0.15) is 13.2 Å². The zero-order valence-corrected chi connectivity index (χ0v) is 19.3. The molecule has 0 bridgehead atoms. The van der Waals surface area contributed by atoms with Crippen LogP contribution >= 0.6 is 22.7 Å². The molecule has 1 N–H and O–H groups in total. The Balaban J connectivity index is 1.49. The summed E-state index contributed by atoms with van der Waals surface area (Å²) in [6, 6.07) is 8.73. The summed E-state index contributed by atoms with van der Waals surface area (Å²) in [5, 5.41) is 10.3. The highest BCUT2D eigenvalue weighted by Crippen LogP contribution is 2.35. The molecule has 0 atom stereocenters. The van der Waals surface area contributed by atoms with Gasteiger partial charge < -0.3 is 9.84 Å². The van der Waals surface area contributed by atoms with Gasteiger partial charge >= 0.3 is 12.1 Å². The highest BCUT2D eigenvalue weighted by molar-refractivity contribution is 7.18. The standard InChI is InChI=1S/C23H19F3N2O3S2/c1-12-16(7-8-17-21(12)28-19(32-17)9-10-20(29)30)31-11-18-13(2)27-22(33-18)14-3-5-15(6-4-14)23(24,25)26/h3-8H,9-11H2,1-2H3,(H,29,30). The molecule has 0 saturated heterocycles. The molecule has 10 heteroatoms. The molecule has 0 saturated carbocycles. The number of halogens is 3. The molecular weight excluding hydrogens is 473 g/mol. The number of rotatable bonds is 7. The molecule has 2 heterocycles. The molecule has 2 aromatic heterocycles. The molecule has 0 spiro atoms. The number of aryl methyl sites for hydroxylation is 3. The van der Waals surface area contributed by atoms with E-state index in [9.17, 15) is 18.0 Å². The minimum absolute atomic E-state index is 0.0359. The van der Waals surface area contributed by atoms with E-state index < -0.39 is 17.7 Å². The Bertz CT molecular complexity index is 1310. The van der Waals surface area contributed by atoms with Gasteiger partial charge in [0.2, 0.25) is 0 Å². The Morgan fingerprint density at radius 3 is 2.45 bits per heavy atom. The predicted octanol–water partition coefficient (Wildman–Crippen LogP) is 6.65. The van der Waals surface area contributed by atoms with Crippen LogP contribution in [0.3, 0.4) is 0 Å². The van der Waals surface area contributed by atoms with Gasteiger partial charge in [0.25, 0.3) is 0 Å². The number of fused-ring (bicyclic) bond motifs is 1. The largest absolute Gasteiger partial charge is 0.488 e. The summed E-state index contributed by atoms with van der Waals surface area (Å²) in [4.78, 5) is 20.8. The minimum atomic E-state index is -4.37. The van der Waals surface area contributed by atoms with Crippen LogP contribution < -0.4 is 4.74 Å². The maximum absolute atomic E-state index is 12.8. The first-order chi connectivity index (χ1) is 15.6. The summed E-state index contributed by atoms with van der Waals surface area (Å²) in [7, 11) is 0. The van der Waals surface area contributed by atoms with Crippen molar-refractivity contribution >= 4 is 38.9 Å². The monoisotopic (exact) mass is 492 g/mol. The van der Waals surface area contributed by atoms with Crippen LogP contribution in [0.2, 0.25) is 0 Å². The van der Waals surface area contributed by atoms with Crippen LogP contribution in [-0.2, 0) is 24.0 Å². The number of carbonyl (C=O) groups is 1. The quantitative estimate of drug-likeness (QED) is 0.313. The Labute approximate surface area is 195 Å². The lowest BCUT2D eigenvalue weighted by Gasteiger charge is -2.08. The maximum atomic E-state index is 12.8. The zero-order valence-electron chi connectivity index (χ0n) is 17.7. The first-order valence-corrected chi connectivity index (χ1v) is 11.6. The summed E-state index contributed by atoms with van der Waals surface area (Å²) in [5.74, 6) is -0.188. The van der Waals surface area contributed by atoms with E-state index in [0.717, 1.165) is 43.5 Å². The molecule has 33 heavy (non-hydrogen) atoms. The van der Waals surface area contributed by atoms with E-state index in [4.69, 9.17) is 9.84 Å². The second-order valence-corrected chi connectivity index (χ2v) is 9.63. The number of carboxylic acids is 1. The number of aliphatic carboxylic acids is 1. The lowest BCUT2D eigenvalue weighted by Crippen LogP contribution is -2.03. The third kappa shape index (κ3) is 5.17.